The molecule has 2 fully saturated rings. The number of hydrogen-bond acceptors (Lipinski definition) is 3. The predicted octanol–water partition coefficient (Wildman–Crippen LogP) is 2.12. The molecule has 1 saturated carbocycles. The highest BCUT2D eigenvalue weighted by atomic mass is 16.6. The summed E-state index contributed by atoms with van der Waals surface area (Å²) in [7, 11) is 0. The van der Waals surface area contributed by atoms with E-state index in [4.69, 9.17) is 10.5 Å². The van der Waals surface area contributed by atoms with Crippen molar-refractivity contribution in [1.82, 2.24) is 4.90 Å². The zero-order valence-electron chi connectivity index (χ0n) is 11.2. The van der Waals surface area contributed by atoms with Crippen LogP contribution < -0.4 is 5.73 Å². The van der Waals surface area contributed by atoms with Crippen LogP contribution in [0.5, 0.6) is 0 Å². The number of carbonyl (C=O) groups excluding carboxylic acids is 1. The molecule has 2 aliphatic rings. The number of fused-ring (bicyclic) bond motifs is 1. The second-order valence-electron chi connectivity index (χ2n) is 6.40. The Morgan fingerprint density at radius 1 is 1.47 bits per heavy atom. The van der Waals surface area contributed by atoms with Crippen molar-refractivity contribution in [2.45, 2.75) is 58.1 Å². The molecule has 0 aromatic rings. The van der Waals surface area contributed by atoms with E-state index in [0.717, 1.165) is 25.8 Å². The number of carbonyl (C=O) groups is 1. The molecule has 0 bridgehead atoms. The molecule has 0 spiro atoms. The van der Waals surface area contributed by atoms with Crippen LogP contribution in [0.15, 0.2) is 0 Å². The van der Waals surface area contributed by atoms with Gasteiger partial charge in [0.2, 0.25) is 0 Å². The van der Waals surface area contributed by atoms with Gasteiger partial charge in [-0.15, -0.1) is 0 Å². The van der Waals surface area contributed by atoms with Gasteiger partial charge in [0.1, 0.15) is 5.60 Å². The van der Waals surface area contributed by atoms with Crippen LogP contribution in [0.3, 0.4) is 0 Å². The van der Waals surface area contributed by atoms with E-state index in [1.54, 1.807) is 0 Å². The summed E-state index contributed by atoms with van der Waals surface area (Å²) in [4.78, 5) is 14.0. The van der Waals surface area contributed by atoms with Gasteiger partial charge in [0.25, 0.3) is 0 Å². The Morgan fingerprint density at radius 2 is 2.18 bits per heavy atom. The van der Waals surface area contributed by atoms with Gasteiger partial charge in [-0.25, -0.2) is 4.79 Å². The van der Waals surface area contributed by atoms with Gasteiger partial charge in [-0.3, -0.25) is 0 Å². The van der Waals surface area contributed by atoms with Gasteiger partial charge in [0.05, 0.1) is 0 Å². The first-order chi connectivity index (χ1) is 7.88. The monoisotopic (exact) mass is 240 g/mol. The second-order valence-corrected chi connectivity index (χ2v) is 6.40. The summed E-state index contributed by atoms with van der Waals surface area (Å²) >= 11 is 0. The average molecular weight is 240 g/mol. The number of hydrogen-bond donors (Lipinski definition) is 1. The zero-order chi connectivity index (χ0) is 12.7. The third kappa shape index (κ3) is 2.28. The van der Waals surface area contributed by atoms with E-state index in [1.165, 1.54) is 6.42 Å². The average Bonchev–Trinajstić information content (AvgIpc) is 2.71. The number of nitrogens with two attached hydrogens (primary N) is 1. The molecule has 2 atom stereocenters. The van der Waals surface area contributed by atoms with E-state index >= 15 is 0 Å². The van der Waals surface area contributed by atoms with Crippen LogP contribution in [-0.4, -0.2) is 35.7 Å². The number of nitrogens with zero attached hydrogens (tertiary/aromatic N) is 1. The maximum Gasteiger partial charge on any atom is 0.410 e. The number of ether oxygens (including phenoxy) is 1. The molecule has 1 heterocycles. The Morgan fingerprint density at radius 3 is 2.76 bits per heavy atom. The lowest BCUT2D eigenvalue weighted by atomic mass is 9.82. The summed E-state index contributed by atoms with van der Waals surface area (Å²) in [5.74, 6) is 0. The maximum atomic E-state index is 12.1. The van der Waals surface area contributed by atoms with Crippen molar-refractivity contribution in [3.05, 3.63) is 0 Å². The van der Waals surface area contributed by atoms with E-state index in [0.29, 0.717) is 12.6 Å². The Hall–Kier alpha value is -0.770. The quantitative estimate of drug-likeness (QED) is 0.764. The second kappa shape index (κ2) is 4.16. The number of rotatable bonds is 1. The predicted molar refractivity (Wildman–Crippen MR) is 66.7 cm³/mol. The first kappa shape index (κ1) is 12.7. The molecule has 98 valence electrons. The van der Waals surface area contributed by atoms with Crippen molar-refractivity contribution in [2.24, 2.45) is 11.1 Å². The van der Waals surface area contributed by atoms with Crippen LogP contribution in [0.4, 0.5) is 4.79 Å². The van der Waals surface area contributed by atoms with Gasteiger partial charge in [-0.2, -0.15) is 0 Å². The van der Waals surface area contributed by atoms with E-state index in [1.807, 2.05) is 25.7 Å². The first-order valence-electron chi connectivity index (χ1n) is 6.58. The molecule has 0 aromatic heterocycles. The summed E-state index contributed by atoms with van der Waals surface area (Å²) in [5.41, 5.74) is 5.69. The molecule has 2 rings (SSSR count). The molecule has 1 amide bonds. The topological polar surface area (TPSA) is 55.6 Å². The van der Waals surface area contributed by atoms with E-state index in [9.17, 15) is 4.79 Å². The van der Waals surface area contributed by atoms with Crippen LogP contribution in [-0.2, 0) is 4.74 Å². The summed E-state index contributed by atoms with van der Waals surface area (Å²) in [5, 5.41) is 0. The summed E-state index contributed by atoms with van der Waals surface area (Å²) in [6.45, 7) is 7.22. The van der Waals surface area contributed by atoms with Gasteiger partial charge in [-0.05, 0) is 46.6 Å². The Balaban J connectivity index is 2.07. The molecule has 4 nitrogen and oxygen atoms in total. The van der Waals surface area contributed by atoms with Crippen LogP contribution >= 0.6 is 0 Å². The lowest BCUT2D eigenvalue weighted by Gasteiger charge is -2.32. The van der Waals surface area contributed by atoms with E-state index in [2.05, 4.69) is 0 Å². The minimum Gasteiger partial charge on any atom is -0.444 e. The highest BCUT2D eigenvalue weighted by Crippen LogP contribution is 2.48. The van der Waals surface area contributed by atoms with Gasteiger partial charge < -0.3 is 15.4 Å². The Kier molecular flexibility index (Phi) is 3.10. The number of likely N-dealkylation sites (tertiary alicyclic amines) is 1. The molecule has 1 aliphatic carbocycles. The van der Waals surface area contributed by atoms with Crippen molar-refractivity contribution >= 4 is 6.09 Å². The zero-order valence-corrected chi connectivity index (χ0v) is 11.2. The Labute approximate surface area is 103 Å². The molecular formula is C13H24N2O2. The third-order valence-electron chi connectivity index (χ3n) is 4.12. The third-order valence-corrected chi connectivity index (χ3v) is 4.12. The molecular weight excluding hydrogens is 216 g/mol. The van der Waals surface area contributed by atoms with Gasteiger partial charge in [0.15, 0.2) is 0 Å². The molecule has 2 N–H and O–H groups in total. The fraction of sp³-hybridized carbons (Fsp3) is 0.923. The van der Waals surface area contributed by atoms with Crippen LogP contribution in [0, 0.1) is 5.41 Å². The summed E-state index contributed by atoms with van der Waals surface area (Å²) in [6, 6.07) is 0.308. The fourth-order valence-corrected chi connectivity index (χ4v) is 3.28. The van der Waals surface area contributed by atoms with Crippen LogP contribution in [0.1, 0.15) is 46.5 Å². The molecule has 4 heteroatoms. The molecule has 17 heavy (non-hydrogen) atoms. The molecule has 1 saturated heterocycles. The largest absolute Gasteiger partial charge is 0.444 e. The van der Waals surface area contributed by atoms with Crippen molar-refractivity contribution in [2.75, 3.05) is 13.1 Å². The SMILES string of the molecule is CC(C)(C)OC(=O)N1CCC2(CN)CCCC12. The molecule has 0 aromatic carbocycles. The normalized spacial score (nSPS) is 32.7. The minimum atomic E-state index is -0.413. The van der Waals surface area contributed by atoms with Crippen molar-refractivity contribution < 1.29 is 9.53 Å². The van der Waals surface area contributed by atoms with E-state index in [-0.39, 0.29) is 11.5 Å². The lowest BCUT2D eigenvalue weighted by Crippen LogP contribution is -2.44. The molecule has 2 unspecified atom stereocenters. The van der Waals surface area contributed by atoms with Gasteiger partial charge >= 0.3 is 6.09 Å². The minimum absolute atomic E-state index is 0.167. The Bertz CT molecular complexity index is 311. The highest BCUT2D eigenvalue weighted by Gasteiger charge is 2.51. The lowest BCUT2D eigenvalue weighted by molar-refractivity contribution is 0.0190. The van der Waals surface area contributed by atoms with Gasteiger partial charge in [-0.1, -0.05) is 6.42 Å². The van der Waals surface area contributed by atoms with Crippen LogP contribution in [0.2, 0.25) is 0 Å². The van der Waals surface area contributed by atoms with Crippen molar-refractivity contribution in [3.8, 4) is 0 Å². The maximum absolute atomic E-state index is 12.1. The fourth-order valence-electron chi connectivity index (χ4n) is 3.28. The smallest absolute Gasteiger partial charge is 0.410 e. The number of amides is 1. The summed E-state index contributed by atoms with van der Waals surface area (Å²) < 4.78 is 5.47. The first-order valence-corrected chi connectivity index (χ1v) is 6.58. The van der Waals surface area contributed by atoms with Crippen molar-refractivity contribution in [3.63, 3.8) is 0 Å². The van der Waals surface area contributed by atoms with Gasteiger partial charge in [0, 0.05) is 18.0 Å². The van der Waals surface area contributed by atoms with Crippen LogP contribution in [0.25, 0.3) is 0 Å². The molecule has 1 aliphatic heterocycles. The van der Waals surface area contributed by atoms with E-state index < -0.39 is 5.60 Å². The highest BCUT2D eigenvalue weighted by molar-refractivity contribution is 5.69. The summed E-state index contributed by atoms with van der Waals surface area (Å²) in [6.07, 6.45) is 4.29. The standard InChI is InChI=1S/C13H24N2O2/c1-12(2,3)17-11(16)15-8-7-13(9-14)6-4-5-10(13)15/h10H,4-9,14H2,1-3H3. The van der Waals surface area contributed by atoms with Crippen molar-refractivity contribution in [1.29, 1.82) is 0 Å². The molecule has 0 radical (unpaired) electrons.